The minimum atomic E-state index is -1.20. The molecule has 0 N–H and O–H groups in total. The smallest absolute Gasteiger partial charge is 0.130 e. The Balaban J connectivity index is 1.86. The highest BCUT2D eigenvalue weighted by Gasteiger charge is 2.13. The second-order valence-corrected chi connectivity index (χ2v) is 7.06. The summed E-state index contributed by atoms with van der Waals surface area (Å²) >= 11 is 13.4. The van der Waals surface area contributed by atoms with Gasteiger partial charge in [-0.2, -0.15) is 0 Å². The van der Waals surface area contributed by atoms with Gasteiger partial charge in [0.2, 0.25) is 0 Å². The molecule has 1 heterocycles. The summed E-state index contributed by atoms with van der Waals surface area (Å²) < 4.78 is 19.0. The van der Waals surface area contributed by atoms with E-state index in [1.54, 1.807) is 29.6 Å². The van der Waals surface area contributed by atoms with Gasteiger partial charge in [0.1, 0.15) is 23.2 Å². The Kier molecular flexibility index (Phi) is 5.76. The normalized spacial score (nSPS) is 10.7. The van der Waals surface area contributed by atoms with Crippen molar-refractivity contribution in [2.75, 3.05) is 0 Å². The lowest BCUT2D eigenvalue weighted by Crippen LogP contribution is -2.24. The van der Waals surface area contributed by atoms with Crippen LogP contribution >= 0.6 is 34.5 Å². The van der Waals surface area contributed by atoms with Gasteiger partial charge in [-0.3, -0.25) is 0 Å². The first-order valence-corrected chi connectivity index (χ1v) is 9.07. The van der Waals surface area contributed by atoms with E-state index < -0.39 is 11.8 Å². The lowest BCUT2D eigenvalue weighted by molar-refractivity contribution is -0.304. The van der Waals surface area contributed by atoms with Gasteiger partial charge in [-0.15, -0.1) is 11.3 Å². The van der Waals surface area contributed by atoms with E-state index in [1.165, 1.54) is 23.5 Å². The maximum Gasteiger partial charge on any atom is 0.130 e. The van der Waals surface area contributed by atoms with Gasteiger partial charge in [0, 0.05) is 28.4 Å². The molecule has 2 aromatic carbocycles. The fourth-order valence-electron chi connectivity index (χ4n) is 2.25. The average molecular weight is 411 g/mol. The third-order valence-corrected chi connectivity index (χ3v) is 4.96. The SMILES string of the molecule is O=C([O-])Cc1csc(-c2cc(Cl)ccc2OCc2ccc(F)cc2Cl)n1. The minimum absolute atomic E-state index is 0.130. The van der Waals surface area contributed by atoms with Crippen molar-refractivity contribution in [2.45, 2.75) is 13.0 Å². The fraction of sp³-hybridized carbons (Fsp3) is 0.111. The summed E-state index contributed by atoms with van der Waals surface area (Å²) in [5.74, 6) is -1.12. The third kappa shape index (κ3) is 4.52. The van der Waals surface area contributed by atoms with E-state index in [4.69, 9.17) is 27.9 Å². The Morgan fingerprint density at radius 2 is 2.04 bits per heavy atom. The van der Waals surface area contributed by atoms with Gasteiger partial charge in [-0.1, -0.05) is 29.3 Å². The number of thiazole rings is 1. The quantitative estimate of drug-likeness (QED) is 0.612. The van der Waals surface area contributed by atoms with Crippen LogP contribution in [0.15, 0.2) is 41.8 Å². The van der Waals surface area contributed by atoms with Crippen molar-refractivity contribution in [2.24, 2.45) is 0 Å². The van der Waals surface area contributed by atoms with Gasteiger partial charge < -0.3 is 14.6 Å². The number of benzene rings is 2. The molecule has 26 heavy (non-hydrogen) atoms. The van der Waals surface area contributed by atoms with Gasteiger partial charge in [-0.25, -0.2) is 9.37 Å². The molecular weight excluding hydrogens is 400 g/mol. The van der Waals surface area contributed by atoms with Crippen LogP contribution in [0.4, 0.5) is 4.39 Å². The monoisotopic (exact) mass is 410 g/mol. The highest BCUT2D eigenvalue weighted by molar-refractivity contribution is 7.13. The zero-order valence-electron chi connectivity index (χ0n) is 13.2. The van der Waals surface area contributed by atoms with Crippen LogP contribution in [0.5, 0.6) is 5.75 Å². The van der Waals surface area contributed by atoms with E-state index in [0.717, 1.165) is 0 Å². The van der Waals surface area contributed by atoms with Crippen LogP contribution in [0, 0.1) is 5.82 Å². The van der Waals surface area contributed by atoms with Crippen molar-refractivity contribution in [3.8, 4) is 16.3 Å². The van der Waals surface area contributed by atoms with E-state index in [0.29, 0.717) is 32.6 Å². The number of carbonyl (C=O) groups is 1. The lowest BCUT2D eigenvalue weighted by Gasteiger charge is -2.11. The molecule has 0 bridgehead atoms. The van der Waals surface area contributed by atoms with Crippen molar-refractivity contribution in [1.29, 1.82) is 0 Å². The second-order valence-electron chi connectivity index (χ2n) is 5.36. The van der Waals surface area contributed by atoms with E-state index >= 15 is 0 Å². The molecular formula is C18H11Cl2FNO3S-. The number of halogens is 3. The summed E-state index contributed by atoms with van der Waals surface area (Å²) in [7, 11) is 0. The molecule has 0 spiro atoms. The van der Waals surface area contributed by atoms with Crippen molar-refractivity contribution in [3.05, 3.63) is 68.9 Å². The van der Waals surface area contributed by atoms with Crippen LogP contribution in [-0.4, -0.2) is 11.0 Å². The van der Waals surface area contributed by atoms with Crippen LogP contribution in [0.2, 0.25) is 10.0 Å². The van der Waals surface area contributed by atoms with E-state index in [-0.39, 0.29) is 18.1 Å². The van der Waals surface area contributed by atoms with Crippen molar-refractivity contribution < 1.29 is 19.0 Å². The van der Waals surface area contributed by atoms with Crippen LogP contribution < -0.4 is 9.84 Å². The summed E-state index contributed by atoms with van der Waals surface area (Å²) in [5.41, 5.74) is 1.66. The number of hydrogen-bond acceptors (Lipinski definition) is 5. The molecule has 0 saturated heterocycles. The summed E-state index contributed by atoms with van der Waals surface area (Å²) in [6.07, 6.45) is -0.265. The number of nitrogens with zero attached hydrogens (tertiary/aromatic N) is 1. The van der Waals surface area contributed by atoms with E-state index in [9.17, 15) is 14.3 Å². The van der Waals surface area contributed by atoms with Crippen molar-refractivity contribution in [1.82, 2.24) is 4.98 Å². The highest BCUT2D eigenvalue weighted by atomic mass is 35.5. The number of aliphatic carboxylic acids is 1. The van der Waals surface area contributed by atoms with Crippen LogP contribution in [0.1, 0.15) is 11.3 Å². The van der Waals surface area contributed by atoms with Gasteiger partial charge in [0.05, 0.1) is 16.3 Å². The number of rotatable bonds is 6. The summed E-state index contributed by atoms with van der Waals surface area (Å²) in [5, 5.41) is 13.7. The Hall–Kier alpha value is -2.15. The fourth-order valence-corrected chi connectivity index (χ4v) is 3.48. The zero-order valence-corrected chi connectivity index (χ0v) is 15.5. The first kappa shape index (κ1) is 18.6. The van der Waals surface area contributed by atoms with Gasteiger partial charge in [0.25, 0.3) is 0 Å². The Bertz CT molecular complexity index is 961. The maximum absolute atomic E-state index is 13.1. The zero-order chi connectivity index (χ0) is 18.7. The largest absolute Gasteiger partial charge is 0.550 e. The molecule has 0 fully saturated rings. The summed E-state index contributed by atoms with van der Waals surface area (Å²) in [6, 6.07) is 9.12. The molecule has 0 radical (unpaired) electrons. The summed E-state index contributed by atoms with van der Waals surface area (Å²) in [6.45, 7) is 0.130. The Morgan fingerprint density at radius 1 is 1.23 bits per heavy atom. The first-order chi connectivity index (χ1) is 12.4. The predicted molar refractivity (Wildman–Crippen MR) is 97.0 cm³/mol. The standard InChI is InChI=1S/C18H12Cl2FNO3S/c19-11-2-4-16(25-8-10-1-3-12(21)6-15(10)20)14(5-11)18-22-13(9-26-18)7-17(23)24/h1-6,9H,7-8H2,(H,23,24)/p-1. The Labute approximate surface area is 162 Å². The molecule has 0 aliphatic heterocycles. The molecule has 0 amide bonds. The van der Waals surface area contributed by atoms with Gasteiger partial charge >= 0.3 is 0 Å². The molecule has 3 rings (SSSR count). The average Bonchev–Trinajstić information content (AvgIpc) is 3.02. The van der Waals surface area contributed by atoms with Crippen LogP contribution in [0.3, 0.4) is 0 Å². The molecule has 134 valence electrons. The molecule has 4 nitrogen and oxygen atoms in total. The molecule has 3 aromatic rings. The number of carboxylic acid groups (broad SMARTS) is 1. The van der Waals surface area contributed by atoms with Gasteiger partial charge in [-0.05, 0) is 30.3 Å². The molecule has 0 aliphatic rings. The molecule has 0 aliphatic carbocycles. The van der Waals surface area contributed by atoms with Crippen molar-refractivity contribution >= 4 is 40.5 Å². The van der Waals surface area contributed by atoms with Gasteiger partial charge in [0.15, 0.2) is 0 Å². The van der Waals surface area contributed by atoms with E-state index in [1.807, 2.05) is 0 Å². The molecule has 0 atom stereocenters. The number of carbonyl (C=O) groups excluding carboxylic acids is 1. The molecule has 1 aromatic heterocycles. The molecule has 8 heteroatoms. The molecule has 0 unspecified atom stereocenters. The predicted octanol–water partition coefficient (Wildman–Crippen LogP) is 4.13. The number of aromatic nitrogens is 1. The highest BCUT2D eigenvalue weighted by Crippen LogP contribution is 2.35. The number of hydrogen-bond donors (Lipinski definition) is 0. The number of carboxylic acids is 1. The van der Waals surface area contributed by atoms with Crippen LogP contribution in [-0.2, 0) is 17.8 Å². The number of ether oxygens (including phenoxy) is 1. The van der Waals surface area contributed by atoms with Crippen molar-refractivity contribution in [3.63, 3.8) is 0 Å². The van der Waals surface area contributed by atoms with Crippen LogP contribution in [0.25, 0.3) is 10.6 Å². The topological polar surface area (TPSA) is 62.2 Å². The summed E-state index contributed by atoms with van der Waals surface area (Å²) in [4.78, 5) is 15.0. The molecule has 0 saturated carbocycles. The third-order valence-electron chi connectivity index (χ3n) is 3.45. The first-order valence-electron chi connectivity index (χ1n) is 7.43. The maximum atomic E-state index is 13.1. The minimum Gasteiger partial charge on any atom is -0.550 e. The Morgan fingerprint density at radius 3 is 2.77 bits per heavy atom. The second kappa shape index (κ2) is 8.03. The lowest BCUT2D eigenvalue weighted by atomic mass is 10.2. The van der Waals surface area contributed by atoms with E-state index in [2.05, 4.69) is 4.98 Å².